The summed E-state index contributed by atoms with van der Waals surface area (Å²) in [6.45, 7) is 7.71. The highest BCUT2D eigenvalue weighted by atomic mass is 16.6. The number of morpholine rings is 1. The predicted octanol–water partition coefficient (Wildman–Crippen LogP) is 2.99. The lowest BCUT2D eigenvalue weighted by atomic mass is 9.94. The summed E-state index contributed by atoms with van der Waals surface area (Å²) in [6, 6.07) is 9.67. The maximum absolute atomic E-state index is 12.3. The van der Waals surface area contributed by atoms with E-state index in [2.05, 4.69) is 6.58 Å². The van der Waals surface area contributed by atoms with Crippen molar-refractivity contribution in [2.45, 2.75) is 25.5 Å². The van der Waals surface area contributed by atoms with Crippen molar-refractivity contribution in [1.82, 2.24) is 4.90 Å². The molecule has 1 unspecified atom stereocenters. The van der Waals surface area contributed by atoms with Gasteiger partial charge >= 0.3 is 6.09 Å². The number of amides is 1. The zero-order valence-corrected chi connectivity index (χ0v) is 11.9. The van der Waals surface area contributed by atoms with E-state index in [1.165, 1.54) is 0 Å². The summed E-state index contributed by atoms with van der Waals surface area (Å²) < 4.78 is 10.9. The highest BCUT2D eigenvalue weighted by Gasteiger charge is 2.39. The van der Waals surface area contributed by atoms with Gasteiger partial charge in [-0.2, -0.15) is 0 Å². The Bertz CT molecular complexity index is 460. The van der Waals surface area contributed by atoms with E-state index in [0.717, 1.165) is 12.0 Å². The Labute approximate surface area is 120 Å². The van der Waals surface area contributed by atoms with Crippen molar-refractivity contribution in [1.29, 1.82) is 0 Å². The lowest BCUT2D eigenvalue weighted by Gasteiger charge is -2.43. The number of benzene rings is 1. The van der Waals surface area contributed by atoms with Crippen LogP contribution < -0.4 is 0 Å². The maximum Gasteiger partial charge on any atom is 0.410 e. The van der Waals surface area contributed by atoms with Crippen molar-refractivity contribution < 1.29 is 14.3 Å². The molecule has 1 atom stereocenters. The third-order valence-corrected chi connectivity index (χ3v) is 3.77. The molecule has 1 aromatic carbocycles. The third kappa shape index (κ3) is 3.02. The van der Waals surface area contributed by atoms with Gasteiger partial charge in [0.15, 0.2) is 0 Å². The topological polar surface area (TPSA) is 38.8 Å². The molecule has 1 heterocycles. The maximum atomic E-state index is 12.3. The number of nitrogens with zero attached hydrogens (tertiary/aromatic N) is 1. The van der Waals surface area contributed by atoms with E-state index in [1.54, 1.807) is 11.0 Å². The average Bonchev–Trinajstić information content (AvgIpc) is 2.53. The molecule has 0 radical (unpaired) electrons. The molecule has 0 N–H and O–H groups in total. The molecule has 0 spiro atoms. The smallest absolute Gasteiger partial charge is 0.410 e. The van der Waals surface area contributed by atoms with Gasteiger partial charge in [0.25, 0.3) is 0 Å². The standard InChI is InChI=1S/C16H21NO3/c1-3-16(4-2)13-19-11-10-17(16)15(18)20-12-14-8-6-5-7-9-14/h3,5-9H,1,4,10-13H2,2H3. The van der Waals surface area contributed by atoms with Gasteiger partial charge in [0, 0.05) is 6.54 Å². The summed E-state index contributed by atoms with van der Waals surface area (Å²) in [6.07, 6.45) is 2.24. The first-order valence-corrected chi connectivity index (χ1v) is 6.91. The first kappa shape index (κ1) is 14.6. The van der Waals surface area contributed by atoms with Crippen LogP contribution in [0.5, 0.6) is 0 Å². The van der Waals surface area contributed by atoms with E-state index in [4.69, 9.17) is 9.47 Å². The Hall–Kier alpha value is -1.81. The van der Waals surface area contributed by atoms with Crippen molar-refractivity contribution >= 4 is 6.09 Å². The summed E-state index contributed by atoms with van der Waals surface area (Å²) in [5.41, 5.74) is 0.529. The minimum absolute atomic E-state index is 0.286. The Kier molecular flexibility index (Phi) is 4.79. The SMILES string of the molecule is C=CC1(CC)COCCN1C(=O)OCc1ccccc1. The fourth-order valence-corrected chi connectivity index (χ4v) is 2.38. The van der Waals surface area contributed by atoms with Crippen LogP contribution in [0.1, 0.15) is 18.9 Å². The zero-order valence-electron chi connectivity index (χ0n) is 11.9. The molecular formula is C16H21NO3. The molecule has 1 aliphatic heterocycles. The van der Waals surface area contributed by atoms with Crippen LogP contribution in [-0.4, -0.2) is 36.3 Å². The largest absolute Gasteiger partial charge is 0.445 e. The molecule has 0 aliphatic carbocycles. The number of hydrogen-bond donors (Lipinski definition) is 0. The van der Waals surface area contributed by atoms with Gasteiger partial charge in [0.2, 0.25) is 0 Å². The molecule has 0 aromatic heterocycles. The Morgan fingerprint density at radius 1 is 1.50 bits per heavy atom. The number of carbonyl (C=O) groups excluding carboxylic acids is 1. The Morgan fingerprint density at radius 2 is 2.25 bits per heavy atom. The minimum Gasteiger partial charge on any atom is -0.445 e. The van der Waals surface area contributed by atoms with E-state index in [-0.39, 0.29) is 12.7 Å². The second-order valence-corrected chi connectivity index (χ2v) is 4.91. The molecule has 2 rings (SSSR count). The molecule has 108 valence electrons. The van der Waals surface area contributed by atoms with Crippen molar-refractivity contribution in [3.63, 3.8) is 0 Å². The summed E-state index contributed by atoms with van der Waals surface area (Å²) in [5.74, 6) is 0. The lowest BCUT2D eigenvalue weighted by molar-refractivity contribution is -0.0433. The number of rotatable bonds is 4. The van der Waals surface area contributed by atoms with E-state index in [9.17, 15) is 4.79 Å². The van der Waals surface area contributed by atoms with Crippen LogP contribution in [-0.2, 0) is 16.1 Å². The number of carbonyl (C=O) groups is 1. The number of hydrogen-bond acceptors (Lipinski definition) is 3. The average molecular weight is 275 g/mol. The summed E-state index contributed by atoms with van der Waals surface area (Å²) in [5, 5.41) is 0. The second kappa shape index (κ2) is 6.57. The van der Waals surface area contributed by atoms with Crippen LogP contribution in [0.15, 0.2) is 43.0 Å². The van der Waals surface area contributed by atoms with Crippen molar-refractivity contribution in [3.05, 3.63) is 48.6 Å². The first-order valence-electron chi connectivity index (χ1n) is 6.91. The van der Waals surface area contributed by atoms with Crippen LogP contribution in [0.4, 0.5) is 4.79 Å². The van der Waals surface area contributed by atoms with Crippen LogP contribution in [0, 0.1) is 0 Å². The van der Waals surface area contributed by atoms with E-state index >= 15 is 0 Å². The molecule has 0 saturated carbocycles. The van der Waals surface area contributed by atoms with E-state index < -0.39 is 5.54 Å². The van der Waals surface area contributed by atoms with Crippen molar-refractivity contribution in [3.8, 4) is 0 Å². The van der Waals surface area contributed by atoms with Gasteiger partial charge in [0.1, 0.15) is 6.61 Å². The molecule has 1 saturated heterocycles. The fraction of sp³-hybridized carbons (Fsp3) is 0.438. The second-order valence-electron chi connectivity index (χ2n) is 4.91. The van der Waals surface area contributed by atoms with Crippen LogP contribution in [0.3, 0.4) is 0 Å². The first-order chi connectivity index (χ1) is 9.72. The monoisotopic (exact) mass is 275 g/mol. The van der Waals surface area contributed by atoms with Crippen LogP contribution in [0.25, 0.3) is 0 Å². The fourth-order valence-electron chi connectivity index (χ4n) is 2.38. The van der Waals surface area contributed by atoms with Crippen molar-refractivity contribution in [2.24, 2.45) is 0 Å². The summed E-state index contributed by atoms with van der Waals surface area (Å²) >= 11 is 0. The van der Waals surface area contributed by atoms with Gasteiger partial charge in [-0.05, 0) is 12.0 Å². The molecule has 4 heteroatoms. The van der Waals surface area contributed by atoms with Gasteiger partial charge < -0.3 is 9.47 Å². The molecule has 1 amide bonds. The van der Waals surface area contributed by atoms with Gasteiger partial charge in [-0.3, -0.25) is 4.90 Å². The highest BCUT2D eigenvalue weighted by Crippen LogP contribution is 2.26. The molecule has 20 heavy (non-hydrogen) atoms. The van der Waals surface area contributed by atoms with Gasteiger partial charge in [0.05, 0.1) is 18.8 Å². The zero-order chi connectivity index (χ0) is 14.4. The quantitative estimate of drug-likeness (QED) is 0.793. The minimum atomic E-state index is -0.452. The molecular weight excluding hydrogens is 254 g/mol. The molecule has 1 aliphatic rings. The normalized spacial score (nSPS) is 22.4. The van der Waals surface area contributed by atoms with Gasteiger partial charge in [-0.1, -0.05) is 43.3 Å². The molecule has 0 bridgehead atoms. The molecule has 1 aromatic rings. The van der Waals surface area contributed by atoms with Gasteiger partial charge in [-0.25, -0.2) is 4.79 Å². The lowest BCUT2D eigenvalue weighted by Crippen LogP contribution is -2.57. The molecule has 1 fully saturated rings. The van der Waals surface area contributed by atoms with Crippen molar-refractivity contribution in [2.75, 3.05) is 19.8 Å². The Balaban J connectivity index is 2.01. The highest BCUT2D eigenvalue weighted by molar-refractivity contribution is 5.69. The Morgan fingerprint density at radius 3 is 2.90 bits per heavy atom. The summed E-state index contributed by atoms with van der Waals surface area (Å²) in [7, 11) is 0. The van der Waals surface area contributed by atoms with Gasteiger partial charge in [-0.15, -0.1) is 6.58 Å². The predicted molar refractivity (Wildman–Crippen MR) is 77.4 cm³/mol. The molecule has 4 nitrogen and oxygen atoms in total. The van der Waals surface area contributed by atoms with E-state index in [0.29, 0.717) is 19.8 Å². The summed E-state index contributed by atoms with van der Waals surface area (Å²) in [4.78, 5) is 14.0. The third-order valence-electron chi connectivity index (χ3n) is 3.77. The van der Waals surface area contributed by atoms with Crippen LogP contribution in [0.2, 0.25) is 0 Å². The van der Waals surface area contributed by atoms with E-state index in [1.807, 2.05) is 37.3 Å². The number of ether oxygens (including phenoxy) is 2. The van der Waals surface area contributed by atoms with Crippen LogP contribution >= 0.6 is 0 Å².